The van der Waals surface area contributed by atoms with E-state index in [2.05, 4.69) is 37.4 Å². The lowest BCUT2D eigenvalue weighted by Crippen LogP contribution is -2.28. The predicted molar refractivity (Wildman–Crippen MR) is 102 cm³/mol. The van der Waals surface area contributed by atoms with Crippen LogP contribution < -0.4 is 16.4 Å². The Morgan fingerprint density at radius 2 is 2.12 bits per heavy atom. The number of nitrogens with zero attached hydrogens (tertiary/aromatic N) is 3. The Kier molecular flexibility index (Phi) is 4.40. The quantitative estimate of drug-likeness (QED) is 0.559. The summed E-state index contributed by atoms with van der Waals surface area (Å²) in [5.41, 5.74) is 8.81. The number of ether oxygens (including phenoxy) is 1. The summed E-state index contributed by atoms with van der Waals surface area (Å²) in [5.74, 6) is 1.17. The molecule has 0 radical (unpaired) electrons. The molecule has 0 bridgehead atoms. The zero-order valence-corrected chi connectivity index (χ0v) is 14.3. The van der Waals surface area contributed by atoms with Crippen LogP contribution in [0.4, 0.5) is 17.5 Å². The van der Waals surface area contributed by atoms with Gasteiger partial charge in [0.05, 0.1) is 17.3 Å². The molecule has 1 aromatic carbocycles. The molecule has 0 amide bonds. The minimum Gasteiger partial charge on any atom is -0.399 e. The zero-order chi connectivity index (χ0) is 17.9. The smallest absolute Gasteiger partial charge is 0.224 e. The van der Waals surface area contributed by atoms with Gasteiger partial charge in [0, 0.05) is 42.2 Å². The molecule has 4 rings (SSSR count). The molecule has 3 heterocycles. The van der Waals surface area contributed by atoms with Crippen LogP contribution in [0.5, 0.6) is 0 Å². The molecular formula is C18H21N7O. The van der Waals surface area contributed by atoms with Gasteiger partial charge >= 0.3 is 0 Å². The molecule has 0 spiro atoms. The topological polar surface area (TPSA) is 114 Å². The van der Waals surface area contributed by atoms with Gasteiger partial charge in [-0.2, -0.15) is 10.1 Å². The van der Waals surface area contributed by atoms with Crippen molar-refractivity contribution >= 4 is 34.1 Å². The second kappa shape index (κ2) is 7.01. The minimum atomic E-state index is 0.310. The fourth-order valence-corrected chi connectivity index (χ4v) is 2.96. The number of hydrogen-bond acceptors (Lipinski definition) is 7. The average Bonchev–Trinajstić information content (AvgIpc) is 3.10. The Hall–Kier alpha value is -3.13. The molecule has 8 nitrogen and oxygen atoms in total. The van der Waals surface area contributed by atoms with E-state index in [0.29, 0.717) is 29.1 Å². The number of aromatic amines is 1. The molecule has 1 aliphatic rings. The average molecular weight is 351 g/mol. The normalized spacial score (nSPS) is 15.1. The second-order valence-electron chi connectivity index (χ2n) is 6.31. The van der Waals surface area contributed by atoms with Gasteiger partial charge in [-0.15, -0.1) is 0 Å². The summed E-state index contributed by atoms with van der Waals surface area (Å²) in [6, 6.07) is 6.23. The third-order valence-electron chi connectivity index (χ3n) is 4.39. The number of nitrogens with one attached hydrogen (secondary N) is 3. The molecule has 1 fully saturated rings. The molecule has 134 valence electrons. The number of aromatic nitrogens is 4. The van der Waals surface area contributed by atoms with E-state index in [1.165, 1.54) is 0 Å². The van der Waals surface area contributed by atoms with Crippen molar-refractivity contribution in [1.29, 1.82) is 0 Å². The number of anilines is 3. The van der Waals surface area contributed by atoms with E-state index in [-0.39, 0.29) is 0 Å². The van der Waals surface area contributed by atoms with Crippen LogP contribution in [0.15, 0.2) is 37.2 Å². The summed E-state index contributed by atoms with van der Waals surface area (Å²) in [6.45, 7) is 5.33. The van der Waals surface area contributed by atoms with Crippen LogP contribution in [0.25, 0.3) is 16.6 Å². The first kappa shape index (κ1) is 16.3. The van der Waals surface area contributed by atoms with Gasteiger partial charge in [0.25, 0.3) is 0 Å². The van der Waals surface area contributed by atoms with E-state index in [9.17, 15) is 0 Å². The van der Waals surface area contributed by atoms with Gasteiger partial charge in [-0.3, -0.25) is 5.10 Å². The molecule has 8 heteroatoms. The monoisotopic (exact) mass is 351 g/mol. The highest BCUT2D eigenvalue weighted by Crippen LogP contribution is 2.25. The molecule has 26 heavy (non-hydrogen) atoms. The van der Waals surface area contributed by atoms with Crippen molar-refractivity contribution in [3.8, 4) is 0 Å². The van der Waals surface area contributed by atoms with Crippen LogP contribution in [0.3, 0.4) is 0 Å². The van der Waals surface area contributed by atoms with Gasteiger partial charge in [-0.1, -0.05) is 6.58 Å². The molecule has 0 atom stereocenters. The Morgan fingerprint density at radius 1 is 1.27 bits per heavy atom. The Balaban J connectivity index is 1.61. The second-order valence-corrected chi connectivity index (χ2v) is 6.31. The van der Waals surface area contributed by atoms with Crippen molar-refractivity contribution in [3.63, 3.8) is 0 Å². The van der Waals surface area contributed by atoms with Crippen molar-refractivity contribution < 1.29 is 4.74 Å². The molecule has 3 aromatic rings. The molecule has 1 aliphatic heterocycles. The lowest BCUT2D eigenvalue weighted by molar-refractivity contribution is 0.0903. The first-order valence-corrected chi connectivity index (χ1v) is 8.55. The summed E-state index contributed by atoms with van der Waals surface area (Å²) in [6.07, 6.45) is 5.35. The van der Waals surface area contributed by atoms with Gasteiger partial charge < -0.3 is 21.1 Å². The fraction of sp³-hybridized carbons (Fsp3) is 0.278. The lowest BCUT2D eigenvalue weighted by atomic mass is 10.1. The van der Waals surface area contributed by atoms with E-state index in [1.807, 2.05) is 18.2 Å². The molecule has 5 N–H and O–H groups in total. The SMILES string of the molecule is C=C(N)c1cnc(NC2CCOCC2)nc1Nc1ccc2cn[nH]c2c1. The minimum absolute atomic E-state index is 0.310. The van der Waals surface area contributed by atoms with Gasteiger partial charge in [0.15, 0.2) is 0 Å². The molecule has 2 aromatic heterocycles. The van der Waals surface area contributed by atoms with Crippen molar-refractivity contribution in [2.45, 2.75) is 18.9 Å². The van der Waals surface area contributed by atoms with Crippen LogP contribution in [0.1, 0.15) is 18.4 Å². The van der Waals surface area contributed by atoms with Gasteiger partial charge in [-0.25, -0.2) is 4.98 Å². The third-order valence-corrected chi connectivity index (χ3v) is 4.39. The van der Waals surface area contributed by atoms with E-state index in [4.69, 9.17) is 10.5 Å². The number of benzene rings is 1. The summed E-state index contributed by atoms with van der Waals surface area (Å²) in [7, 11) is 0. The fourth-order valence-electron chi connectivity index (χ4n) is 2.96. The van der Waals surface area contributed by atoms with E-state index in [0.717, 1.165) is 42.6 Å². The predicted octanol–water partition coefficient (Wildman–Crippen LogP) is 2.62. The highest BCUT2D eigenvalue weighted by Gasteiger charge is 2.16. The maximum atomic E-state index is 5.91. The molecule has 0 aliphatic carbocycles. The van der Waals surface area contributed by atoms with Crippen LogP contribution in [0, 0.1) is 0 Å². The van der Waals surface area contributed by atoms with Crippen molar-refractivity contribution in [1.82, 2.24) is 20.2 Å². The van der Waals surface area contributed by atoms with E-state index in [1.54, 1.807) is 12.4 Å². The Morgan fingerprint density at radius 3 is 2.92 bits per heavy atom. The summed E-state index contributed by atoms with van der Waals surface area (Å²) >= 11 is 0. The van der Waals surface area contributed by atoms with E-state index < -0.39 is 0 Å². The maximum absolute atomic E-state index is 5.91. The largest absolute Gasteiger partial charge is 0.399 e. The molecule has 0 saturated carbocycles. The van der Waals surface area contributed by atoms with Gasteiger partial charge in [0.2, 0.25) is 5.95 Å². The van der Waals surface area contributed by atoms with Crippen molar-refractivity contribution in [3.05, 3.63) is 42.7 Å². The lowest BCUT2D eigenvalue weighted by Gasteiger charge is -2.23. The molecule has 1 saturated heterocycles. The first-order chi connectivity index (χ1) is 12.7. The van der Waals surface area contributed by atoms with Crippen molar-refractivity contribution in [2.24, 2.45) is 5.73 Å². The van der Waals surface area contributed by atoms with Crippen LogP contribution >= 0.6 is 0 Å². The highest BCUT2D eigenvalue weighted by molar-refractivity contribution is 5.83. The Bertz CT molecular complexity index is 930. The number of H-pyrrole nitrogens is 1. The van der Waals surface area contributed by atoms with Gasteiger partial charge in [0.1, 0.15) is 5.82 Å². The number of fused-ring (bicyclic) bond motifs is 1. The number of rotatable bonds is 5. The van der Waals surface area contributed by atoms with Crippen LogP contribution in [-0.2, 0) is 4.74 Å². The van der Waals surface area contributed by atoms with Crippen LogP contribution in [-0.4, -0.2) is 39.4 Å². The summed E-state index contributed by atoms with van der Waals surface area (Å²) in [4.78, 5) is 8.99. The zero-order valence-electron chi connectivity index (χ0n) is 14.3. The number of hydrogen-bond donors (Lipinski definition) is 4. The van der Waals surface area contributed by atoms with Crippen molar-refractivity contribution in [2.75, 3.05) is 23.8 Å². The van der Waals surface area contributed by atoms with Crippen LogP contribution in [0.2, 0.25) is 0 Å². The number of nitrogens with two attached hydrogens (primary N) is 1. The third kappa shape index (κ3) is 3.45. The Labute approximate surface area is 150 Å². The summed E-state index contributed by atoms with van der Waals surface area (Å²) in [5, 5.41) is 14.7. The maximum Gasteiger partial charge on any atom is 0.224 e. The highest BCUT2D eigenvalue weighted by atomic mass is 16.5. The van der Waals surface area contributed by atoms with Gasteiger partial charge in [-0.05, 0) is 31.0 Å². The summed E-state index contributed by atoms with van der Waals surface area (Å²) < 4.78 is 5.39. The first-order valence-electron chi connectivity index (χ1n) is 8.55. The van der Waals surface area contributed by atoms with E-state index >= 15 is 0 Å². The molecule has 0 unspecified atom stereocenters. The standard InChI is InChI=1S/C18H21N7O/c1-11(19)15-10-20-18(23-13-4-6-26-7-5-13)24-17(15)22-14-3-2-12-9-21-25-16(12)8-14/h2-3,8-10,13H,1,4-7,19H2,(H,21,25)(H2,20,22,23,24). The molecular weight excluding hydrogens is 330 g/mol.